The standard InChI is InChI=1S/C66H79FN12O7/c1-38(2)69-61(82)48-32-53(51(67)26-40(48)5)71-60-59-54(68-37-77(59)39(3)4)33-52(70-60)43-11-14-50-56(28-43)78(46-29-45(30-46)74-21-7-6-8-22-74)65(86)66(50)18-24-75(25-19-66)58(81)27-41-10-9-20-73(34-41)35-42-17-23-76(36-42)44-12-13-47-49(31-44)64(85)79(63(47)84)55-15-16-57(80)72-62(55)83/h11-14,26,28,31-33,37-39,41-42,45-46,55H,6-10,15-25,27,29-30,34-36H2,1-5H3,(H,69,82)(H,70,71)(H,72,80,83)/t41-,42?,45-,46+,55?/m0/s1. The van der Waals surface area contributed by atoms with E-state index in [1.165, 1.54) is 25.3 Å². The summed E-state index contributed by atoms with van der Waals surface area (Å²) in [5.41, 5.74) is 6.32. The average Bonchev–Trinajstić information content (AvgIpc) is 1.63. The van der Waals surface area contributed by atoms with Crippen molar-refractivity contribution in [2.45, 2.75) is 154 Å². The molecule has 3 atom stereocenters. The number of halogens is 1. The van der Waals surface area contributed by atoms with E-state index in [4.69, 9.17) is 9.97 Å². The number of hydrogen-bond donors (Lipinski definition) is 3. The lowest BCUT2D eigenvalue weighted by atomic mass is 9.73. The molecule has 2 unspecified atom stereocenters. The van der Waals surface area contributed by atoms with Crippen molar-refractivity contribution < 1.29 is 38.0 Å². The molecule has 452 valence electrons. The second kappa shape index (κ2) is 22.9. The molecule has 5 saturated heterocycles. The SMILES string of the molecule is Cc1cc(F)c(Nc2nc(-c3ccc4c(c3)N([C@H]3C[C@@H](N5CCCCC5)C3)C(=O)C43CCN(C(=O)C[C@@H]4CCCN(CC5CCN(c6ccc7c(c6)C(=O)N(C6CCC(=O)NC6=O)C7=O)C5)C4)CC3)cc3ncn(C(C)C)c23)cc1C(=O)NC(C)C. The average molecular weight is 1170 g/mol. The number of rotatable bonds is 14. The molecular weight excluding hydrogens is 1090 g/mol. The number of hydrogen-bond acceptors (Lipinski definition) is 13. The monoisotopic (exact) mass is 1170 g/mol. The first-order valence-electron chi connectivity index (χ1n) is 31.5. The van der Waals surface area contributed by atoms with Crippen LogP contribution in [0.2, 0.25) is 0 Å². The van der Waals surface area contributed by atoms with Crippen LogP contribution in [0.3, 0.4) is 0 Å². The van der Waals surface area contributed by atoms with E-state index in [1.807, 2.05) is 41.5 Å². The van der Waals surface area contributed by atoms with Gasteiger partial charge < -0.3 is 39.7 Å². The molecule has 2 aromatic heterocycles. The van der Waals surface area contributed by atoms with Gasteiger partial charge in [-0.1, -0.05) is 18.6 Å². The van der Waals surface area contributed by atoms with E-state index in [-0.39, 0.29) is 71.4 Å². The van der Waals surface area contributed by atoms with Crippen LogP contribution < -0.4 is 25.8 Å². The van der Waals surface area contributed by atoms with Gasteiger partial charge >= 0.3 is 0 Å². The van der Waals surface area contributed by atoms with Crippen molar-refractivity contribution >= 4 is 75.3 Å². The predicted molar refractivity (Wildman–Crippen MR) is 325 cm³/mol. The number of carbonyl (C=O) groups excluding carboxylic acids is 7. The number of amides is 7. The van der Waals surface area contributed by atoms with Crippen LogP contribution in [0.15, 0.2) is 60.9 Å². The number of nitrogens with zero attached hydrogens (tertiary/aromatic N) is 9. The van der Waals surface area contributed by atoms with Crippen molar-refractivity contribution in [3.05, 3.63) is 94.6 Å². The molecule has 19 nitrogen and oxygen atoms in total. The highest BCUT2D eigenvalue weighted by Crippen LogP contribution is 2.52. The lowest BCUT2D eigenvalue weighted by Crippen LogP contribution is -2.58. The van der Waals surface area contributed by atoms with Crippen LogP contribution in [0.4, 0.5) is 27.3 Å². The topological polar surface area (TPSA) is 206 Å². The van der Waals surface area contributed by atoms with Gasteiger partial charge in [-0.15, -0.1) is 0 Å². The molecule has 3 N–H and O–H groups in total. The van der Waals surface area contributed by atoms with Gasteiger partial charge in [0.05, 0.1) is 39.8 Å². The van der Waals surface area contributed by atoms with E-state index < -0.39 is 40.9 Å². The Hall–Kier alpha value is -7.58. The van der Waals surface area contributed by atoms with E-state index in [0.717, 1.165) is 105 Å². The van der Waals surface area contributed by atoms with Crippen molar-refractivity contribution in [1.82, 2.24) is 44.8 Å². The molecule has 1 spiro atoms. The zero-order valence-electron chi connectivity index (χ0n) is 50.1. The Morgan fingerprint density at radius 3 is 2.33 bits per heavy atom. The number of imidazole rings is 1. The Balaban J connectivity index is 0.692. The summed E-state index contributed by atoms with van der Waals surface area (Å²) in [6, 6.07) is 15.8. The van der Waals surface area contributed by atoms with Gasteiger partial charge in [0.25, 0.3) is 17.7 Å². The number of pyridine rings is 1. The summed E-state index contributed by atoms with van der Waals surface area (Å²) < 4.78 is 18.0. The molecule has 1 saturated carbocycles. The number of fused-ring (bicyclic) bond motifs is 4. The Bertz CT molecular complexity index is 3580. The fraction of sp³-hybridized carbons (Fsp3) is 0.530. The Labute approximate surface area is 501 Å². The van der Waals surface area contributed by atoms with Gasteiger partial charge in [0, 0.05) is 98.8 Å². The van der Waals surface area contributed by atoms with E-state index in [2.05, 4.69) is 61.5 Å². The van der Waals surface area contributed by atoms with Crippen LogP contribution in [0.5, 0.6) is 0 Å². The summed E-state index contributed by atoms with van der Waals surface area (Å²) in [6.45, 7) is 17.1. The van der Waals surface area contributed by atoms with Gasteiger partial charge in [-0.05, 0) is 184 Å². The second-order valence-corrected chi connectivity index (χ2v) is 26.4. The normalized spacial score (nSPS) is 24.3. The molecule has 13 rings (SSSR count). The van der Waals surface area contributed by atoms with Crippen molar-refractivity contribution in [2.24, 2.45) is 11.8 Å². The van der Waals surface area contributed by atoms with Crippen LogP contribution in [0, 0.1) is 24.6 Å². The van der Waals surface area contributed by atoms with E-state index in [9.17, 15) is 28.8 Å². The summed E-state index contributed by atoms with van der Waals surface area (Å²) in [7, 11) is 0. The first kappa shape index (κ1) is 57.5. The zero-order chi connectivity index (χ0) is 59.9. The molecule has 3 aromatic carbocycles. The Morgan fingerprint density at radius 2 is 1.57 bits per heavy atom. The summed E-state index contributed by atoms with van der Waals surface area (Å²) in [5, 5.41) is 8.48. The Kier molecular flexibility index (Phi) is 15.3. The summed E-state index contributed by atoms with van der Waals surface area (Å²) in [6.07, 6.45) is 11.9. The quantitative estimate of drug-likeness (QED) is 0.0897. The second-order valence-electron chi connectivity index (χ2n) is 26.4. The van der Waals surface area contributed by atoms with Gasteiger partial charge in [0.1, 0.15) is 17.4 Å². The maximum absolute atomic E-state index is 16.0. The summed E-state index contributed by atoms with van der Waals surface area (Å²) in [5.74, 6) is -1.59. The summed E-state index contributed by atoms with van der Waals surface area (Å²) in [4.78, 5) is 117. The molecule has 0 radical (unpaired) electrons. The molecule has 86 heavy (non-hydrogen) atoms. The molecule has 9 heterocycles. The number of nitrogens with one attached hydrogen (secondary N) is 3. The molecule has 6 fully saturated rings. The molecule has 5 aromatic rings. The Morgan fingerprint density at radius 1 is 0.791 bits per heavy atom. The minimum Gasteiger partial charge on any atom is -0.371 e. The zero-order valence-corrected chi connectivity index (χ0v) is 50.1. The fourth-order valence-electron chi connectivity index (χ4n) is 15.3. The van der Waals surface area contributed by atoms with Crippen molar-refractivity contribution in [2.75, 3.05) is 74.0 Å². The van der Waals surface area contributed by atoms with E-state index in [0.29, 0.717) is 78.0 Å². The molecule has 8 aliphatic rings. The predicted octanol–water partition coefficient (Wildman–Crippen LogP) is 8.26. The number of imide groups is 2. The third kappa shape index (κ3) is 10.5. The number of likely N-dealkylation sites (tertiary alicyclic amines) is 3. The van der Waals surface area contributed by atoms with Gasteiger partial charge in [-0.3, -0.25) is 43.8 Å². The van der Waals surface area contributed by atoms with Crippen molar-refractivity contribution in [1.29, 1.82) is 0 Å². The maximum Gasteiger partial charge on any atom is 0.262 e. The van der Waals surface area contributed by atoms with Crippen molar-refractivity contribution in [3.63, 3.8) is 0 Å². The number of benzene rings is 3. The third-order valence-corrected chi connectivity index (χ3v) is 20.0. The van der Waals surface area contributed by atoms with Crippen molar-refractivity contribution in [3.8, 4) is 11.3 Å². The number of aromatic nitrogens is 3. The number of aryl methyl sites for hydroxylation is 1. The lowest BCUT2D eigenvalue weighted by Gasteiger charge is -2.48. The number of piperidine rings is 4. The minimum absolute atomic E-state index is 0.0126. The van der Waals surface area contributed by atoms with Crippen LogP contribution >= 0.6 is 0 Å². The van der Waals surface area contributed by atoms with Crippen LogP contribution in [-0.2, 0) is 24.6 Å². The van der Waals surface area contributed by atoms with Gasteiger partial charge in [-0.25, -0.2) is 14.4 Å². The van der Waals surface area contributed by atoms with Crippen LogP contribution in [-0.4, -0.2) is 159 Å². The summed E-state index contributed by atoms with van der Waals surface area (Å²) >= 11 is 0. The molecule has 7 amide bonds. The van der Waals surface area contributed by atoms with Gasteiger partial charge in [0.15, 0.2) is 5.82 Å². The number of anilines is 4. The first-order valence-corrected chi connectivity index (χ1v) is 31.5. The molecule has 1 aliphatic carbocycles. The highest BCUT2D eigenvalue weighted by Gasteiger charge is 2.56. The molecule has 0 bridgehead atoms. The highest BCUT2D eigenvalue weighted by molar-refractivity contribution is 6.24. The lowest BCUT2D eigenvalue weighted by molar-refractivity contribution is -0.137. The minimum atomic E-state index is -1.01. The number of carbonyl (C=O) groups is 7. The van der Waals surface area contributed by atoms with Gasteiger partial charge in [0.2, 0.25) is 23.6 Å². The van der Waals surface area contributed by atoms with Crippen LogP contribution in [0.1, 0.15) is 159 Å². The maximum atomic E-state index is 16.0. The largest absolute Gasteiger partial charge is 0.371 e. The smallest absolute Gasteiger partial charge is 0.262 e. The van der Waals surface area contributed by atoms with Gasteiger partial charge in [-0.2, -0.15) is 0 Å². The van der Waals surface area contributed by atoms with E-state index >= 15 is 9.18 Å². The van der Waals surface area contributed by atoms with Crippen LogP contribution in [0.25, 0.3) is 22.3 Å². The first-order chi connectivity index (χ1) is 41.4. The fourth-order valence-corrected chi connectivity index (χ4v) is 15.3. The highest BCUT2D eigenvalue weighted by atomic mass is 19.1. The molecular formula is C66H79FN12O7. The third-order valence-electron chi connectivity index (χ3n) is 20.0. The van der Waals surface area contributed by atoms with E-state index in [1.54, 1.807) is 31.5 Å². The molecule has 7 aliphatic heterocycles. The molecule has 20 heteroatoms.